The van der Waals surface area contributed by atoms with E-state index in [2.05, 4.69) is 36.2 Å². The molecule has 5 aromatic rings. The number of rotatable bonds is 35. The van der Waals surface area contributed by atoms with Crippen molar-refractivity contribution in [2.75, 3.05) is 98.9 Å². The fourth-order valence-corrected chi connectivity index (χ4v) is 7.19. The van der Waals surface area contributed by atoms with Gasteiger partial charge in [0.2, 0.25) is 11.5 Å². The number of carbonyl (C=O) groups excluding carboxylic acids is 4. The number of aryl methyl sites for hydroxylation is 1. The molecule has 0 spiro atoms. The number of H-pyrrole nitrogens is 1. The monoisotopic (exact) mass is 1070 g/mol. The minimum Gasteiger partial charge on any atom is -0.506 e. The van der Waals surface area contributed by atoms with Gasteiger partial charge in [-0.05, 0) is 119 Å². The fraction of sp³-hybridized carbons (Fsp3) is 0.455. The molecule has 22 heteroatoms. The van der Waals surface area contributed by atoms with Crippen molar-refractivity contribution < 1.29 is 67.3 Å². The first-order valence-corrected chi connectivity index (χ1v) is 25.7. The SMILES string of the molecule is CC(C)(C)OC(=O)NCCc1ccc(O)c(/N=N/c2ccc(C(=O)NCCOCCOCCOCCOCCOCCOCCC(=O)NCCCCCn3/c(=N/C(=O)c4cccc(C(=O)O)c4)[nH]c4ccccc43)cc2)c1. The number of hydrogen-bond acceptors (Lipinski definition) is 15. The van der Waals surface area contributed by atoms with Gasteiger partial charge in [0, 0.05) is 43.7 Å². The number of phenolic OH excluding ortho intramolecular Hbond substituents is 1. The van der Waals surface area contributed by atoms with Crippen molar-refractivity contribution in [2.24, 2.45) is 15.2 Å². The van der Waals surface area contributed by atoms with Crippen LogP contribution in [0.2, 0.25) is 0 Å². The molecule has 0 aliphatic rings. The van der Waals surface area contributed by atoms with Crippen molar-refractivity contribution in [2.45, 2.75) is 65.0 Å². The van der Waals surface area contributed by atoms with E-state index in [0.29, 0.717) is 122 Å². The van der Waals surface area contributed by atoms with E-state index in [1.54, 1.807) is 57.2 Å². The Kier molecular flexibility index (Phi) is 26.4. The van der Waals surface area contributed by atoms with Gasteiger partial charge in [0.15, 0.2) is 0 Å². The van der Waals surface area contributed by atoms with Crippen molar-refractivity contribution in [1.82, 2.24) is 25.5 Å². The summed E-state index contributed by atoms with van der Waals surface area (Å²) >= 11 is 0. The molecule has 6 N–H and O–H groups in total. The lowest BCUT2D eigenvalue weighted by molar-refractivity contribution is -0.122. The van der Waals surface area contributed by atoms with Gasteiger partial charge in [0.1, 0.15) is 17.0 Å². The minimum absolute atomic E-state index is 0.0136. The average Bonchev–Trinajstić information content (AvgIpc) is 3.76. The predicted molar refractivity (Wildman–Crippen MR) is 285 cm³/mol. The molecule has 0 unspecified atom stereocenters. The summed E-state index contributed by atoms with van der Waals surface area (Å²) in [6.07, 6.45) is 2.63. The average molecular weight is 1070 g/mol. The molecule has 0 atom stereocenters. The molecule has 0 saturated carbocycles. The van der Waals surface area contributed by atoms with Gasteiger partial charge in [-0.1, -0.05) is 24.3 Å². The third kappa shape index (κ3) is 23.6. The number of carboxylic acids is 1. The van der Waals surface area contributed by atoms with Gasteiger partial charge < -0.3 is 68.9 Å². The molecule has 0 radical (unpaired) electrons. The molecule has 4 amide bonds. The third-order valence-corrected chi connectivity index (χ3v) is 11.0. The molecule has 416 valence electrons. The number of carbonyl (C=O) groups is 5. The Bertz CT molecular complexity index is 2740. The summed E-state index contributed by atoms with van der Waals surface area (Å²) < 4.78 is 40.4. The standard InChI is InChI=1S/C55H72N8O14/c1-55(2,3)77-54(70)58-23-20-40-14-19-48(64)46(38-40)62-61-44-17-15-41(16-18-44)50(66)57-24-27-72-29-31-74-33-35-76-37-36-75-34-32-73-30-28-71-26-21-49(65)56-22-7-4-8-25-63-47-13-6-5-12-45(47)59-53(63)60-51(67)42-10-9-11-43(39-42)52(68)69/h5-6,9-19,38-39,64H,4,7-8,20-37H2,1-3H3,(H,56,65)(H,57,66)(H,58,70)(H,68,69)(H,59,60,67)/b62-61+. The van der Waals surface area contributed by atoms with E-state index >= 15 is 0 Å². The van der Waals surface area contributed by atoms with Crippen molar-refractivity contribution in [3.05, 3.63) is 119 Å². The molecule has 5 rings (SSSR count). The Morgan fingerprint density at radius 2 is 1.25 bits per heavy atom. The summed E-state index contributed by atoms with van der Waals surface area (Å²) in [6.45, 7) is 11.7. The van der Waals surface area contributed by atoms with Gasteiger partial charge in [-0.25, -0.2) is 9.59 Å². The van der Waals surface area contributed by atoms with Crippen LogP contribution in [0.1, 0.15) is 83.1 Å². The maximum Gasteiger partial charge on any atom is 0.407 e. The second-order valence-corrected chi connectivity index (χ2v) is 18.3. The number of fused-ring (bicyclic) bond motifs is 1. The number of ether oxygens (including phenoxy) is 7. The second-order valence-electron chi connectivity index (χ2n) is 18.3. The number of phenols is 1. The van der Waals surface area contributed by atoms with E-state index in [1.807, 2.05) is 28.8 Å². The number of alkyl carbamates (subject to hydrolysis) is 1. The molecule has 0 aliphatic carbocycles. The highest BCUT2D eigenvalue weighted by molar-refractivity contribution is 5.98. The minimum atomic E-state index is -1.12. The van der Waals surface area contributed by atoms with Crippen LogP contribution in [0, 0.1) is 0 Å². The van der Waals surface area contributed by atoms with Crippen LogP contribution < -0.4 is 21.6 Å². The highest BCUT2D eigenvalue weighted by Gasteiger charge is 2.16. The Morgan fingerprint density at radius 1 is 0.610 bits per heavy atom. The molecular formula is C55H72N8O14. The van der Waals surface area contributed by atoms with E-state index < -0.39 is 23.6 Å². The third-order valence-electron chi connectivity index (χ3n) is 11.0. The first kappa shape index (κ1) is 60.5. The molecule has 1 aromatic heterocycles. The number of para-hydroxylation sites is 2. The number of benzene rings is 4. The lowest BCUT2D eigenvalue weighted by Gasteiger charge is -2.19. The number of nitrogens with one attached hydrogen (secondary N) is 4. The van der Waals surface area contributed by atoms with Gasteiger partial charge in [-0.15, -0.1) is 5.11 Å². The topological polar surface area (TPSA) is 284 Å². The van der Waals surface area contributed by atoms with E-state index in [1.165, 1.54) is 30.3 Å². The van der Waals surface area contributed by atoms with Crippen LogP contribution in [0.25, 0.3) is 11.0 Å². The summed E-state index contributed by atoms with van der Waals surface area (Å²) in [5, 5.41) is 36.3. The number of imidazole rings is 1. The molecule has 1 heterocycles. The Labute approximate surface area is 447 Å². The van der Waals surface area contributed by atoms with Crippen LogP contribution in [0.4, 0.5) is 16.2 Å². The quantitative estimate of drug-likeness (QED) is 0.0180. The van der Waals surface area contributed by atoms with Crippen molar-refractivity contribution in [3.8, 4) is 5.75 Å². The van der Waals surface area contributed by atoms with Crippen LogP contribution in [0.5, 0.6) is 5.75 Å². The number of hydrogen-bond donors (Lipinski definition) is 6. The summed E-state index contributed by atoms with van der Waals surface area (Å²) in [4.78, 5) is 68.6. The van der Waals surface area contributed by atoms with Gasteiger partial charge in [0.25, 0.3) is 11.8 Å². The zero-order chi connectivity index (χ0) is 55.1. The van der Waals surface area contributed by atoms with Crippen molar-refractivity contribution in [1.29, 1.82) is 0 Å². The number of nitrogens with zero attached hydrogens (tertiary/aromatic N) is 4. The van der Waals surface area contributed by atoms with Crippen LogP contribution in [-0.4, -0.2) is 154 Å². The first-order chi connectivity index (χ1) is 37.3. The van der Waals surface area contributed by atoms with E-state index in [-0.39, 0.29) is 47.4 Å². The zero-order valence-corrected chi connectivity index (χ0v) is 44.1. The first-order valence-electron chi connectivity index (χ1n) is 25.7. The normalized spacial score (nSPS) is 11.8. The van der Waals surface area contributed by atoms with Gasteiger partial charge in [0.05, 0.1) is 102 Å². The molecule has 77 heavy (non-hydrogen) atoms. The molecular weight excluding hydrogens is 997 g/mol. The number of aromatic amines is 1. The van der Waals surface area contributed by atoms with Crippen molar-refractivity contribution in [3.63, 3.8) is 0 Å². The maximum atomic E-state index is 13.0. The highest BCUT2D eigenvalue weighted by atomic mass is 16.6. The summed E-state index contributed by atoms with van der Waals surface area (Å²) in [6, 6.07) is 24.9. The Hall–Kier alpha value is -7.34. The predicted octanol–water partition coefficient (Wildman–Crippen LogP) is 6.80. The largest absolute Gasteiger partial charge is 0.506 e. The molecule has 0 saturated heterocycles. The number of amides is 4. The van der Waals surface area contributed by atoms with Crippen LogP contribution >= 0.6 is 0 Å². The number of unbranched alkanes of at least 4 members (excludes halogenated alkanes) is 2. The number of aromatic nitrogens is 2. The highest BCUT2D eigenvalue weighted by Crippen LogP contribution is 2.29. The van der Waals surface area contributed by atoms with Crippen LogP contribution in [-0.2, 0) is 50.9 Å². The molecule has 0 aliphatic heterocycles. The zero-order valence-electron chi connectivity index (χ0n) is 44.1. The summed E-state index contributed by atoms with van der Waals surface area (Å²) in [5.41, 5.74) is 3.77. The van der Waals surface area contributed by atoms with Gasteiger partial charge in [-0.3, -0.25) is 14.4 Å². The molecule has 22 nitrogen and oxygen atoms in total. The number of carboxylic acid groups (broad SMARTS) is 1. The number of azo groups is 1. The second kappa shape index (κ2) is 33.6. The van der Waals surface area contributed by atoms with Gasteiger partial charge in [-0.2, -0.15) is 10.1 Å². The summed E-state index contributed by atoms with van der Waals surface area (Å²) in [7, 11) is 0. The van der Waals surface area contributed by atoms with Crippen LogP contribution in [0.3, 0.4) is 0 Å². The molecule has 4 aromatic carbocycles. The molecule has 0 fully saturated rings. The lowest BCUT2D eigenvalue weighted by atomic mass is 10.1. The summed E-state index contributed by atoms with van der Waals surface area (Å²) in [5.74, 6) is -2.05. The lowest BCUT2D eigenvalue weighted by Crippen LogP contribution is -2.33. The smallest absolute Gasteiger partial charge is 0.407 e. The number of aromatic hydroxyl groups is 1. The van der Waals surface area contributed by atoms with Crippen LogP contribution in [0.15, 0.2) is 106 Å². The van der Waals surface area contributed by atoms with Gasteiger partial charge >= 0.3 is 12.1 Å². The fourth-order valence-electron chi connectivity index (χ4n) is 7.19. The van der Waals surface area contributed by atoms with Crippen molar-refractivity contribution >= 4 is 52.2 Å². The van der Waals surface area contributed by atoms with E-state index in [9.17, 15) is 34.2 Å². The maximum absolute atomic E-state index is 13.0. The Morgan fingerprint density at radius 3 is 1.91 bits per heavy atom. The number of aromatic carboxylic acids is 1. The van der Waals surface area contributed by atoms with E-state index in [0.717, 1.165) is 35.9 Å². The van der Waals surface area contributed by atoms with E-state index in [4.69, 9.17) is 33.2 Å². The molecule has 0 bridgehead atoms. The Balaban J connectivity index is 0.776.